The highest BCUT2D eigenvalue weighted by molar-refractivity contribution is 5.73. The van der Waals surface area contributed by atoms with Crippen molar-refractivity contribution in [3.05, 3.63) is 0 Å². The van der Waals surface area contributed by atoms with Crippen LogP contribution < -0.4 is 10.6 Å². The van der Waals surface area contributed by atoms with Gasteiger partial charge in [0.25, 0.3) is 0 Å². The number of nitrogens with one attached hydrogen (secondary N) is 2. The van der Waals surface area contributed by atoms with Gasteiger partial charge in [-0.2, -0.15) is 0 Å². The number of likely N-dealkylation sites (N-methyl/N-ethyl adjacent to an activating group) is 2. The highest BCUT2D eigenvalue weighted by Crippen LogP contribution is 2.43. The van der Waals surface area contributed by atoms with Crippen LogP contribution in [0.2, 0.25) is 0 Å². The number of hydrogen-bond acceptors (Lipinski definition) is 15. The predicted molar refractivity (Wildman–Crippen MR) is 202 cm³/mol. The Hall–Kier alpha value is -1.05. The lowest BCUT2D eigenvalue weighted by Crippen LogP contribution is -2.69. The van der Waals surface area contributed by atoms with Crippen LogP contribution in [0.25, 0.3) is 0 Å². The van der Waals surface area contributed by atoms with E-state index < -0.39 is 95.5 Å². The molecule has 3 fully saturated rings. The summed E-state index contributed by atoms with van der Waals surface area (Å²) in [4.78, 5) is 16.3. The average molecular weight is 778 g/mol. The first-order valence-corrected chi connectivity index (χ1v) is 19.9. The predicted octanol–water partition coefficient (Wildman–Crippen LogP) is 1.15. The van der Waals surface area contributed by atoms with Crippen molar-refractivity contribution in [2.75, 3.05) is 41.3 Å². The van der Waals surface area contributed by atoms with Gasteiger partial charge in [-0.25, -0.2) is 0 Å². The van der Waals surface area contributed by atoms with E-state index in [-0.39, 0.29) is 43.9 Å². The van der Waals surface area contributed by atoms with Gasteiger partial charge in [-0.1, -0.05) is 20.8 Å². The summed E-state index contributed by atoms with van der Waals surface area (Å²) in [6.07, 6.45) is -7.49. The molecule has 18 atom stereocenters. The van der Waals surface area contributed by atoms with Gasteiger partial charge in [-0.3, -0.25) is 4.79 Å². The number of nitrogens with zero attached hydrogens (tertiary/aromatic N) is 1. The van der Waals surface area contributed by atoms with Crippen LogP contribution in [0.15, 0.2) is 0 Å². The van der Waals surface area contributed by atoms with Crippen LogP contribution in [-0.2, 0) is 33.2 Å². The summed E-state index contributed by atoms with van der Waals surface area (Å²) in [6.45, 7) is 18.1. The van der Waals surface area contributed by atoms with E-state index in [2.05, 4.69) is 10.6 Å². The molecule has 3 aliphatic heterocycles. The number of methoxy groups -OCH3 is 1. The van der Waals surface area contributed by atoms with E-state index in [1.807, 2.05) is 39.8 Å². The zero-order chi connectivity index (χ0) is 41.1. The third-order valence-electron chi connectivity index (χ3n) is 12.6. The summed E-state index contributed by atoms with van der Waals surface area (Å²) < 4.78 is 38.1. The van der Waals surface area contributed by atoms with Gasteiger partial charge < -0.3 is 69.5 Å². The number of carbonyl (C=O) groups excluding carboxylic acids is 1. The van der Waals surface area contributed by atoms with Gasteiger partial charge in [0.2, 0.25) is 0 Å². The Labute approximate surface area is 323 Å². The van der Waals surface area contributed by atoms with Crippen LogP contribution >= 0.6 is 0 Å². The van der Waals surface area contributed by atoms with Crippen molar-refractivity contribution in [3.8, 4) is 0 Å². The molecule has 2 unspecified atom stereocenters. The maximum absolute atomic E-state index is 14.4. The second-order valence-corrected chi connectivity index (χ2v) is 17.5. The van der Waals surface area contributed by atoms with Gasteiger partial charge in [0.1, 0.15) is 29.0 Å². The molecule has 3 saturated heterocycles. The molecule has 15 heteroatoms. The number of esters is 1. The maximum atomic E-state index is 14.4. The SMILES string of the molecule is CC[C@@H](O)[C@@](C)(O)C1OC(=O)[C@H](C)[C@H](O[C@H]2C[C@@](C)(OC)[C@](O)(CNC)[C@H](C)O2)[C@H](C)[C@H](O[C@H]2O[C@H](C)C[C@H](N(C)C)C2O)[C@@](C)(O)C[C@H](C)CN[C@@H]1C. The quantitative estimate of drug-likeness (QED) is 0.147. The van der Waals surface area contributed by atoms with E-state index >= 15 is 0 Å². The molecule has 0 spiro atoms. The number of carbonyl (C=O) groups is 1. The molecule has 0 radical (unpaired) electrons. The minimum atomic E-state index is -1.81. The molecule has 54 heavy (non-hydrogen) atoms. The molecule has 3 heterocycles. The van der Waals surface area contributed by atoms with Gasteiger partial charge >= 0.3 is 5.97 Å². The second kappa shape index (κ2) is 18.7. The van der Waals surface area contributed by atoms with E-state index in [9.17, 15) is 30.3 Å². The fourth-order valence-electron chi connectivity index (χ4n) is 9.02. The fraction of sp³-hybridized carbons (Fsp3) is 0.974. The molecule has 0 aliphatic carbocycles. The molecule has 0 saturated carbocycles. The van der Waals surface area contributed by atoms with Crippen LogP contribution in [0, 0.1) is 17.8 Å². The van der Waals surface area contributed by atoms with E-state index in [1.54, 1.807) is 48.6 Å². The highest BCUT2D eigenvalue weighted by Gasteiger charge is 2.58. The van der Waals surface area contributed by atoms with Crippen LogP contribution in [0.4, 0.5) is 0 Å². The fourth-order valence-corrected chi connectivity index (χ4v) is 9.02. The van der Waals surface area contributed by atoms with Crippen molar-refractivity contribution in [2.24, 2.45) is 17.8 Å². The zero-order valence-corrected chi connectivity index (χ0v) is 35.4. The number of aliphatic hydroxyl groups excluding tert-OH is 2. The summed E-state index contributed by atoms with van der Waals surface area (Å²) in [7, 11) is 7.01. The van der Waals surface area contributed by atoms with E-state index in [0.717, 1.165) is 0 Å². The normalized spacial score (nSPS) is 46.4. The minimum absolute atomic E-state index is 0.0867. The van der Waals surface area contributed by atoms with Gasteiger partial charge in [-0.05, 0) is 101 Å². The average Bonchev–Trinajstić information content (AvgIpc) is 3.09. The Morgan fingerprint density at radius 3 is 2.26 bits per heavy atom. The van der Waals surface area contributed by atoms with Crippen molar-refractivity contribution in [2.45, 2.75) is 185 Å². The molecule has 3 rings (SSSR count). The van der Waals surface area contributed by atoms with Gasteiger partial charge in [0.15, 0.2) is 12.6 Å². The van der Waals surface area contributed by atoms with Gasteiger partial charge in [0.05, 0.1) is 42.0 Å². The third kappa shape index (κ3) is 10.1. The molecule has 0 bridgehead atoms. The highest BCUT2D eigenvalue weighted by atomic mass is 16.7. The Morgan fingerprint density at radius 2 is 1.70 bits per heavy atom. The minimum Gasteiger partial charge on any atom is -0.457 e. The Morgan fingerprint density at radius 1 is 1.07 bits per heavy atom. The van der Waals surface area contributed by atoms with Gasteiger partial charge in [-0.15, -0.1) is 0 Å². The molecule has 318 valence electrons. The first kappa shape index (κ1) is 47.3. The summed E-state index contributed by atoms with van der Waals surface area (Å²) in [5.74, 6) is -2.67. The molecular weight excluding hydrogens is 702 g/mol. The van der Waals surface area contributed by atoms with Crippen LogP contribution in [-0.4, -0.2) is 168 Å². The largest absolute Gasteiger partial charge is 0.457 e. The molecule has 0 aromatic heterocycles. The molecule has 0 amide bonds. The van der Waals surface area contributed by atoms with Crippen molar-refractivity contribution < 1.29 is 58.7 Å². The summed E-state index contributed by atoms with van der Waals surface area (Å²) in [6, 6.07) is -0.873. The summed E-state index contributed by atoms with van der Waals surface area (Å²) in [5.41, 5.74) is -5.92. The Kier molecular flexibility index (Phi) is 16.4. The molecule has 0 aromatic carbocycles. The molecule has 7 N–H and O–H groups in total. The monoisotopic (exact) mass is 778 g/mol. The van der Waals surface area contributed by atoms with Crippen molar-refractivity contribution in [1.29, 1.82) is 0 Å². The van der Waals surface area contributed by atoms with Crippen LogP contribution in [0.5, 0.6) is 0 Å². The van der Waals surface area contributed by atoms with Crippen molar-refractivity contribution >= 4 is 5.97 Å². The number of cyclic esters (lactones) is 1. The van der Waals surface area contributed by atoms with Crippen molar-refractivity contribution in [3.63, 3.8) is 0 Å². The summed E-state index contributed by atoms with van der Waals surface area (Å²) >= 11 is 0. The first-order chi connectivity index (χ1) is 24.9. The number of rotatable bonds is 11. The summed E-state index contributed by atoms with van der Waals surface area (Å²) in [5, 5.41) is 64.7. The number of hydrogen-bond donors (Lipinski definition) is 7. The first-order valence-electron chi connectivity index (χ1n) is 19.9. The lowest BCUT2D eigenvalue weighted by molar-refractivity contribution is -0.336. The molecule has 3 aliphatic rings. The smallest absolute Gasteiger partial charge is 0.311 e. The Bertz CT molecular complexity index is 1200. The Balaban J connectivity index is 2.17. The third-order valence-corrected chi connectivity index (χ3v) is 12.6. The second-order valence-electron chi connectivity index (χ2n) is 17.5. The van der Waals surface area contributed by atoms with Crippen LogP contribution in [0.3, 0.4) is 0 Å². The standard InChI is InChI=1S/C39H75N3O12/c1-15-28(43)38(10,47)33-25(6)41-19-21(2)17-36(8,46)32(54-35-30(44)27(42(12)13)16-22(3)50-35)23(4)31(24(5)34(45)53-33)52-29-18-37(9,49-14)39(48,20-40-11)26(7)51-29/h21-33,35,40-41,43-44,46-48H,15-20H2,1-14H3/t21-,22+,23-,24+,25+,26-,27-,28+,29-,30?,31+,32-,33?,35+,36-,37+,38+,39-/m0/s1. The zero-order valence-electron chi connectivity index (χ0n) is 35.4. The van der Waals surface area contributed by atoms with Gasteiger partial charge in [0, 0.05) is 38.1 Å². The lowest BCUT2D eigenvalue weighted by Gasteiger charge is -2.53. The van der Waals surface area contributed by atoms with E-state index in [4.69, 9.17) is 28.4 Å². The molecule has 15 nitrogen and oxygen atoms in total. The number of ether oxygens (including phenoxy) is 6. The molecular formula is C39H75N3O12. The van der Waals surface area contributed by atoms with Crippen LogP contribution in [0.1, 0.15) is 94.9 Å². The van der Waals surface area contributed by atoms with E-state index in [0.29, 0.717) is 13.0 Å². The maximum Gasteiger partial charge on any atom is 0.311 e. The topological polar surface area (TPSA) is 201 Å². The van der Waals surface area contributed by atoms with Crippen molar-refractivity contribution in [1.82, 2.24) is 15.5 Å². The lowest BCUT2D eigenvalue weighted by atomic mass is 9.75. The number of aliphatic hydroxyl groups is 5. The van der Waals surface area contributed by atoms with E-state index in [1.165, 1.54) is 14.0 Å². The molecule has 0 aromatic rings.